The molecule has 2 aromatic heterocycles. The molecule has 0 aromatic carbocycles. The molecular formula is C16H21N5O3. The second-order valence-corrected chi connectivity index (χ2v) is 5.92. The van der Waals surface area contributed by atoms with Crippen LogP contribution in [0.2, 0.25) is 0 Å². The van der Waals surface area contributed by atoms with Crippen LogP contribution < -0.4 is 15.0 Å². The van der Waals surface area contributed by atoms with Gasteiger partial charge in [0, 0.05) is 27.3 Å². The number of ether oxygens (including phenoxy) is 2. The first-order chi connectivity index (χ1) is 11.5. The Morgan fingerprint density at radius 1 is 1.38 bits per heavy atom. The summed E-state index contributed by atoms with van der Waals surface area (Å²) in [6.07, 6.45) is 4.74. The Hall–Kier alpha value is -2.61. The number of hydrogen-bond donors (Lipinski definition) is 1. The van der Waals surface area contributed by atoms with Crippen molar-refractivity contribution in [2.24, 2.45) is 7.05 Å². The molecule has 2 aromatic rings. The fourth-order valence-electron chi connectivity index (χ4n) is 2.46. The van der Waals surface area contributed by atoms with Crippen molar-refractivity contribution >= 4 is 11.7 Å². The van der Waals surface area contributed by atoms with Crippen LogP contribution in [0.5, 0.6) is 5.75 Å². The van der Waals surface area contributed by atoms with Crippen LogP contribution in [0, 0.1) is 0 Å². The fraction of sp³-hybridized carbons (Fsp3) is 0.438. The average molecular weight is 331 g/mol. The van der Waals surface area contributed by atoms with Gasteiger partial charge in [-0.2, -0.15) is 5.10 Å². The molecule has 1 aliphatic heterocycles. The van der Waals surface area contributed by atoms with Crippen molar-refractivity contribution in [3.8, 4) is 5.75 Å². The SMILES string of the molecule is CN(C)c1ccc(C(=O)N[C@H]2COC[C@H]2Oc2cnn(C)c2)cn1. The van der Waals surface area contributed by atoms with Crippen molar-refractivity contribution < 1.29 is 14.3 Å². The summed E-state index contributed by atoms with van der Waals surface area (Å²) in [4.78, 5) is 18.5. The molecule has 0 radical (unpaired) electrons. The smallest absolute Gasteiger partial charge is 0.253 e. The molecule has 0 aliphatic carbocycles. The van der Waals surface area contributed by atoms with Gasteiger partial charge in [0.25, 0.3) is 5.91 Å². The van der Waals surface area contributed by atoms with E-state index in [1.54, 1.807) is 29.3 Å². The molecule has 1 amide bonds. The minimum atomic E-state index is -0.243. The molecule has 24 heavy (non-hydrogen) atoms. The van der Waals surface area contributed by atoms with Gasteiger partial charge in [0.2, 0.25) is 0 Å². The van der Waals surface area contributed by atoms with Crippen LogP contribution >= 0.6 is 0 Å². The van der Waals surface area contributed by atoms with Crippen molar-refractivity contribution in [2.75, 3.05) is 32.2 Å². The zero-order chi connectivity index (χ0) is 17.1. The van der Waals surface area contributed by atoms with Crippen LogP contribution in [0.3, 0.4) is 0 Å². The van der Waals surface area contributed by atoms with Gasteiger partial charge in [0.1, 0.15) is 11.9 Å². The van der Waals surface area contributed by atoms with Gasteiger partial charge in [-0.3, -0.25) is 9.48 Å². The maximum absolute atomic E-state index is 12.4. The molecule has 1 saturated heterocycles. The van der Waals surface area contributed by atoms with E-state index < -0.39 is 0 Å². The van der Waals surface area contributed by atoms with Crippen LogP contribution in [-0.4, -0.2) is 60.1 Å². The predicted octanol–water partition coefficient (Wildman–Crippen LogP) is 0.457. The van der Waals surface area contributed by atoms with Crippen LogP contribution in [0.25, 0.3) is 0 Å². The number of anilines is 1. The number of nitrogens with zero attached hydrogens (tertiary/aromatic N) is 4. The maximum atomic E-state index is 12.4. The molecule has 3 rings (SSSR count). The second-order valence-electron chi connectivity index (χ2n) is 5.92. The molecule has 0 spiro atoms. The van der Waals surface area contributed by atoms with Crippen LogP contribution in [0.1, 0.15) is 10.4 Å². The Balaban J connectivity index is 1.62. The number of nitrogens with one attached hydrogen (secondary N) is 1. The molecule has 0 unspecified atom stereocenters. The fourth-order valence-corrected chi connectivity index (χ4v) is 2.46. The molecule has 2 atom stereocenters. The summed E-state index contributed by atoms with van der Waals surface area (Å²) in [6.45, 7) is 0.845. The zero-order valence-corrected chi connectivity index (χ0v) is 14.0. The Bertz CT molecular complexity index is 698. The number of aryl methyl sites for hydroxylation is 1. The van der Waals surface area contributed by atoms with E-state index >= 15 is 0 Å². The van der Waals surface area contributed by atoms with Crippen molar-refractivity contribution in [3.63, 3.8) is 0 Å². The minimum Gasteiger partial charge on any atom is -0.482 e. The van der Waals surface area contributed by atoms with E-state index in [1.807, 2.05) is 32.1 Å². The van der Waals surface area contributed by atoms with Gasteiger partial charge in [0.05, 0.1) is 37.2 Å². The first kappa shape index (κ1) is 16.3. The highest BCUT2D eigenvalue weighted by atomic mass is 16.5. The van der Waals surface area contributed by atoms with E-state index in [2.05, 4.69) is 15.4 Å². The molecular weight excluding hydrogens is 310 g/mol. The van der Waals surface area contributed by atoms with Gasteiger partial charge in [-0.05, 0) is 12.1 Å². The summed E-state index contributed by atoms with van der Waals surface area (Å²) < 4.78 is 13.0. The van der Waals surface area contributed by atoms with E-state index in [4.69, 9.17) is 9.47 Å². The van der Waals surface area contributed by atoms with Gasteiger partial charge in [-0.1, -0.05) is 0 Å². The zero-order valence-electron chi connectivity index (χ0n) is 14.0. The highest BCUT2D eigenvalue weighted by molar-refractivity contribution is 5.94. The van der Waals surface area contributed by atoms with Crippen molar-refractivity contribution in [2.45, 2.75) is 12.1 Å². The number of carbonyl (C=O) groups excluding carboxylic acids is 1. The molecule has 0 bridgehead atoms. The lowest BCUT2D eigenvalue weighted by Gasteiger charge is -2.19. The number of hydrogen-bond acceptors (Lipinski definition) is 6. The Kier molecular flexibility index (Phi) is 4.66. The summed E-state index contributed by atoms with van der Waals surface area (Å²) in [5.41, 5.74) is 0.507. The number of amides is 1. The number of carbonyl (C=O) groups is 1. The van der Waals surface area contributed by atoms with Crippen molar-refractivity contribution in [1.29, 1.82) is 0 Å². The second kappa shape index (κ2) is 6.88. The minimum absolute atomic E-state index is 0.192. The lowest BCUT2D eigenvalue weighted by atomic mass is 10.2. The molecule has 8 heteroatoms. The lowest BCUT2D eigenvalue weighted by molar-refractivity contribution is 0.0903. The van der Waals surface area contributed by atoms with Crippen molar-refractivity contribution in [1.82, 2.24) is 20.1 Å². The Morgan fingerprint density at radius 2 is 2.21 bits per heavy atom. The molecule has 0 saturated carbocycles. The highest BCUT2D eigenvalue weighted by Gasteiger charge is 2.32. The predicted molar refractivity (Wildman–Crippen MR) is 88.3 cm³/mol. The number of pyridine rings is 1. The Labute approximate surface area is 140 Å². The van der Waals surface area contributed by atoms with Gasteiger partial charge in [-0.25, -0.2) is 4.98 Å². The summed E-state index contributed by atoms with van der Waals surface area (Å²) in [5, 5.41) is 7.02. The quantitative estimate of drug-likeness (QED) is 0.857. The van der Waals surface area contributed by atoms with E-state index in [0.717, 1.165) is 5.82 Å². The lowest BCUT2D eigenvalue weighted by Crippen LogP contribution is -2.45. The Morgan fingerprint density at radius 3 is 2.83 bits per heavy atom. The van der Waals surface area contributed by atoms with Crippen LogP contribution in [0.4, 0.5) is 5.82 Å². The molecule has 3 heterocycles. The largest absolute Gasteiger partial charge is 0.482 e. The molecule has 8 nitrogen and oxygen atoms in total. The third-order valence-electron chi connectivity index (χ3n) is 3.78. The highest BCUT2D eigenvalue weighted by Crippen LogP contribution is 2.17. The third kappa shape index (κ3) is 3.65. The third-order valence-corrected chi connectivity index (χ3v) is 3.78. The van der Waals surface area contributed by atoms with E-state index in [-0.39, 0.29) is 18.1 Å². The topological polar surface area (TPSA) is 81.5 Å². The molecule has 1 fully saturated rings. The maximum Gasteiger partial charge on any atom is 0.253 e. The summed E-state index contributed by atoms with van der Waals surface area (Å²) in [6, 6.07) is 3.35. The van der Waals surface area contributed by atoms with Gasteiger partial charge < -0.3 is 19.7 Å². The molecule has 1 N–H and O–H groups in total. The standard InChI is InChI=1S/C16H21N5O3/c1-20(2)15-5-4-11(6-17-15)16(22)19-13-9-23-10-14(13)24-12-7-18-21(3)8-12/h4-8,13-14H,9-10H2,1-3H3,(H,19,22)/t13-,14+/m0/s1. The van der Waals surface area contributed by atoms with Crippen molar-refractivity contribution in [3.05, 3.63) is 36.3 Å². The normalized spacial score (nSPS) is 20.0. The summed E-state index contributed by atoms with van der Waals surface area (Å²) in [5.74, 6) is 1.26. The average Bonchev–Trinajstić information content (AvgIpc) is 3.17. The monoisotopic (exact) mass is 331 g/mol. The number of aromatic nitrogens is 3. The van der Waals surface area contributed by atoms with E-state index in [9.17, 15) is 4.79 Å². The molecule has 1 aliphatic rings. The summed E-state index contributed by atoms with van der Waals surface area (Å²) >= 11 is 0. The van der Waals surface area contributed by atoms with E-state index in [0.29, 0.717) is 24.5 Å². The van der Waals surface area contributed by atoms with Crippen LogP contribution in [-0.2, 0) is 11.8 Å². The van der Waals surface area contributed by atoms with E-state index in [1.165, 1.54) is 0 Å². The summed E-state index contributed by atoms with van der Waals surface area (Å²) in [7, 11) is 5.62. The number of rotatable bonds is 5. The molecule has 128 valence electrons. The van der Waals surface area contributed by atoms with Gasteiger partial charge in [-0.15, -0.1) is 0 Å². The van der Waals surface area contributed by atoms with Gasteiger partial charge in [0.15, 0.2) is 5.75 Å². The van der Waals surface area contributed by atoms with Gasteiger partial charge >= 0.3 is 0 Å². The first-order valence-electron chi connectivity index (χ1n) is 7.70. The first-order valence-corrected chi connectivity index (χ1v) is 7.70. The van der Waals surface area contributed by atoms with Crippen LogP contribution in [0.15, 0.2) is 30.7 Å².